The van der Waals surface area contributed by atoms with Gasteiger partial charge in [0.05, 0.1) is 4.75 Å². The van der Waals surface area contributed by atoms with Gasteiger partial charge in [-0.1, -0.05) is 6.42 Å². The van der Waals surface area contributed by atoms with Gasteiger partial charge < -0.3 is 0 Å². The third kappa shape index (κ3) is 0.914. The molecule has 1 saturated carbocycles. The van der Waals surface area contributed by atoms with E-state index < -0.39 is 10.0 Å². The molecule has 0 aromatic heterocycles. The second-order valence-corrected chi connectivity index (χ2v) is 4.80. The molecule has 0 aromatic carbocycles. The van der Waals surface area contributed by atoms with Gasteiger partial charge in [-0.2, -0.15) is 0 Å². The largest absolute Gasteiger partial charge is 0.242 e. The smallest absolute Gasteiger partial charge is 0.120 e. The van der Waals surface area contributed by atoms with Gasteiger partial charge in [0.25, 0.3) is 0 Å². The van der Waals surface area contributed by atoms with Crippen LogP contribution >= 0.6 is 10.7 Å². The van der Waals surface area contributed by atoms with Crippen molar-refractivity contribution >= 4 is 20.7 Å². The number of halogens is 1. The minimum Gasteiger partial charge on any atom is -0.242 e. The molecular weight excluding hydrogens is 144 g/mol. The Balaban J connectivity index is 2.53. The molecule has 48 valence electrons. The van der Waals surface area contributed by atoms with E-state index >= 15 is 0 Å². The highest BCUT2D eigenvalue weighted by Gasteiger charge is 2.37. The fraction of sp³-hybridized carbons (Fsp3) is 1.00. The van der Waals surface area contributed by atoms with Crippen molar-refractivity contribution in [3.63, 3.8) is 0 Å². The number of hydrogen-bond donors (Lipinski definition) is 0. The normalized spacial score (nSPS) is 28.8. The maximum absolute atomic E-state index is 10.6. The van der Waals surface area contributed by atoms with Crippen LogP contribution in [0.25, 0.3) is 0 Å². The van der Waals surface area contributed by atoms with Gasteiger partial charge in [-0.3, -0.25) is 0 Å². The minimum absolute atomic E-state index is 0.0401. The van der Waals surface area contributed by atoms with Crippen LogP contribution in [-0.2, 0) is 10.0 Å². The molecule has 0 heterocycles. The average molecular weight is 153 g/mol. The molecule has 1 atom stereocenters. The van der Waals surface area contributed by atoms with E-state index in [4.69, 9.17) is 10.7 Å². The van der Waals surface area contributed by atoms with E-state index in [2.05, 4.69) is 0 Å². The van der Waals surface area contributed by atoms with Crippen molar-refractivity contribution in [2.45, 2.75) is 30.9 Å². The summed E-state index contributed by atoms with van der Waals surface area (Å²) in [6.45, 7) is 1.97. The Hall–Kier alpha value is 0.440. The predicted octanol–water partition coefficient (Wildman–Crippen LogP) is 1.83. The van der Waals surface area contributed by atoms with Crippen LogP contribution in [0, 0.1) is 0 Å². The molecule has 1 aliphatic rings. The van der Waals surface area contributed by atoms with E-state index in [9.17, 15) is 4.21 Å². The maximum atomic E-state index is 10.6. The second-order valence-electron chi connectivity index (χ2n) is 2.53. The van der Waals surface area contributed by atoms with Gasteiger partial charge in [-0.25, -0.2) is 4.21 Å². The third-order valence-electron chi connectivity index (χ3n) is 1.80. The summed E-state index contributed by atoms with van der Waals surface area (Å²) in [6, 6.07) is 0. The zero-order valence-electron chi connectivity index (χ0n) is 4.82. The molecule has 0 saturated heterocycles. The van der Waals surface area contributed by atoms with Crippen molar-refractivity contribution < 1.29 is 4.21 Å². The molecule has 0 N–H and O–H groups in total. The summed E-state index contributed by atoms with van der Waals surface area (Å²) < 4.78 is 10.6. The van der Waals surface area contributed by atoms with Crippen molar-refractivity contribution in [2.75, 3.05) is 0 Å². The molecule has 3 heteroatoms. The first-order chi connectivity index (χ1) is 3.65. The molecule has 8 heavy (non-hydrogen) atoms. The van der Waals surface area contributed by atoms with E-state index in [1.54, 1.807) is 0 Å². The summed E-state index contributed by atoms with van der Waals surface area (Å²) in [7, 11) is 4.28. The van der Waals surface area contributed by atoms with E-state index in [-0.39, 0.29) is 4.75 Å². The molecule has 0 spiro atoms. The molecule has 1 rings (SSSR count). The van der Waals surface area contributed by atoms with Crippen LogP contribution < -0.4 is 0 Å². The van der Waals surface area contributed by atoms with Gasteiger partial charge in [-0.05, 0) is 30.4 Å². The Kier molecular flexibility index (Phi) is 1.63. The summed E-state index contributed by atoms with van der Waals surface area (Å²) >= 11 is 0. The topological polar surface area (TPSA) is 17.1 Å². The molecule has 0 aliphatic heterocycles. The molecule has 1 unspecified atom stereocenters. The molecule has 0 radical (unpaired) electrons. The monoisotopic (exact) mass is 152 g/mol. The van der Waals surface area contributed by atoms with Crippen molar-refractivity contribution in [1.29, 1.82) is 0 Å². The molecule has 0 amide bonds. The van der Waals surface area contributed by atoms with Gasteiger partial charge in [0.1, 0.15) is 10.0 Å². The van der Waals surface area contributed by atoms with E-state index in [0.29, 0.717) is 0 Å². The second kappa shape index (κ2) is 1.99. The Bertz CT molecular complexity index is 120. The van der Waals surface area contributed by atoms with Gasteiger partial charge in [0.15, 0.2) is 0 Å². The standard InChI is InChI=1S/C5H9ClOS/c1-5(8(6)7)3-2-4-5/h2-4H2,1H3. The molecule has 0 bridgehead atoms. The van der Waals surface area contributed by atoms with E-state index in [1.807, 2.05) is 6.92 Å². The van der Waals surface area contributed by atoms with E-state index in [1.165, 1.54) is 6.42 Å². The highest BCUT2D eigenvalue weighted by Crippen LogP contribution is 2.38. The lowest BCUT2D eigenvalue weighted by molar-refractivity contribution is 0.383. The number of rotatable bonds is 1. The first-order valence-electron chi connectivity index (χ1n) is 2.73. The summed E-state index contributed by atoms with van der Waals surface area (Å²) in [4.78, 5) is 0. The Morgan fingerprint density at radius 2 is 2.12 bits per heavy atom. The quantitative estimate of drug-likeness (QED) is 0.524. The predicted molar refractivity (Wildman–Crippen MR) is 36.3 cm³/mol. The van der Waals surface area contributed by atoms with Gasteiger partial charge in [0, 0.05) is 0 Å². The van der Waals surface area contributed by atoms with Crippen LogP contribution in [0.1, 0.15) is 26.2 Å². The Morgan fingerprint density at radius 3 is 2.12 bits per heavy atom. The van der Waals surface area contributed by atoms with Gasteiger partial charge >= 0.3 is 0 Å². The maximum Gasteiger partial charge on any atom is 0.120 e. The highest BCUT2D eigenvalue weighted by atomic mass is 35.7. The zero-order chi connectivity index (χ0) is 6.20. The zero-order valence-corrected chi connectivity index (χ0v) is 6.39. The fourth-order valence-corrected chi connectivity index (χ4v) is 1.91. The summed E-state index contributed by atoms with van der Waals surface area (Å²) in [5.41, 5.74) is 0. The molecule has 1 aliphatic carbocycles. The molecule has 1 fully saturated rings. The van der Waals surface area contributed by atoms with Crippen LogP contribution in [-0.4, -0.2) is 8.96 Å². The van der Waals surface area contributed by atoms with Crippen molar-refractivity contribution in [2.24, 2.45) is 0 Å². The fourth-order valence-electron chi connectivity index (χ4n) is 0.835. The van der Waals surface area contributed by atoms with Crippen LogP contribution in [0.3, 0.4) is 0 Å². The lowest BCUT2D eigenvalue weighted by atomic mass is 9.86. The Morgan fingerprint density at radius 1 is 1.62 bits per heavy atom. The first-order valence-corrected chi connectivity index (χ1v) is 4.71. The molecule has 1 nitrogen and oxygen atoms in total. The highest BCUT2D eigenvalue weighted by molar-refractivity contribution is 8.09. The third-order valence-corrected chi connectivity index (χ3v) is 4.10. The average Bonchev–Trinajstić information content (AvgIpc) is 1.60. The van der Waals surface area contributed by atoms with Crippen LogP contribution in [0.2, 0.25) is 0 Å². The van der Waals surface area contributed by atoms with Crippen LogP contribution in [0.4, 0.5) is 0 Å². The summed E-state index contributed by atoms with van der Waals surface area (Å²) in [6.07, 6.45) is 3.25. The lowest BCUT2D eigenvalue weighted by Crippen LogP contribution is -2.35. The molecular formula is C5H9ClOS. The van der Waals surface area contributed by atoms with Crippen molar-refractivity contribution in [1.82, 2.24) is 0 Å². The van der Waals surface area contributed by atoms with Crippen molar-refractivity contribution in [3.8, 4) is 0 Å². The lowest BCUT2D eigenvalue weighted by Gasteiger charge is -2.34. The Labute approximate surface area is 56.4 Å². The minimum atomic E-state index is -1.12. The first kappa shape index (κ1) is 6.56. The van der Waals surface area contributed by atoms with Crippen LogP contribution in [0.5, 0.6) is 0 Å². The number of hydrogen-bond acceptors (Lipinski definition) is 1. The summed E-state index contributed by atoms with van der Waals surface area (Å²) in [5.74, 6) is 0. The van der Waals surface area contributed by atoms with Crippen molar-refractivity contribution in [3.05, 3.63) is 0 Å². The summed E-state index contributed by atoms with van der Waals surface area (Å²) in [5, 5.41) is 0. The SMILES string of the molecule is CC1(S(=O)Cl)CCC1. The van der Waals surface area contributed by atoms with Crippen LogP contribution in [0.15, 0.2) is 0 Å². The molecule has 0 aromatic rings. The van der Waals surface area contributed by atoms with Gasteiger partial charge in [-0.15, -0.1) is 0 Å². The van der Waals surface area contributed by atoms with Gasteiger partial charge in [0.2, 0.25) is 0 Å². The van der Waals surface area contributed by atoms with E-state index in [0.717, 1.165) is 12.8 Å².